The van der Waals surface area contributed by atoms with Crippen LogP contribution in [0.2, 0.25) is 0 Å². The molecule has 2 fully saturated rings. The minimum atomic E-state index is -0.782. The molecule has 8 heteroatoms. The number of hydrogen-bond donors (Lipinski definition) is 1. The number of ether oxygens (including phenoxy) is 2. The first-order chi connectivity index (χ1) is 16.5. The molecule has 1 atom stereocenters. The van der Waals surface area contributed by atoms with E-state index in [1.165, 1.54) is 4.90 Å². The normalized spacial score (nSPS) is 20.6. The van der Waals surface area contributed by atoms with Gasteiger partial charge in [-0.05, 0) is 49.7 Å². The van der Waals surface area contributed by atoms with Gasteiger partial charge in [-0.25, -0.2) is 0 Å². The summed E-state index contributed by atoms with van der Waals surface area (Å²) in [6, 6.07) is 9.46. The molecule has 0 aliphatic carbocycles. The first-order valence-corrected chi connectivity index (χ1v) is 11.5. The molecule has 180 valence electrons. The Morgan fingerprint density at radius 3 is 2.53 bits per heavy atom. The number of aliphatic hydroxyl groups excluding tert-OH is 1. The largest absolute Gasteiger partial charge is 0.507 e. The minimum absolute atomic E-state index is 0.0329. The average Bonchev–Trinajstić information content (AvgIpc) is 3.39. The Kier molecular flexibility index (Phi) is 7.49. The second kappa shape index (κ2) is 10.7. The lowest BCUT2D eigenvalue weighted by molar-refractivity contribution is -0.140. The molecule has 1 amide bonds. The Labute approximate surface area is 199 Å². The van der Waals surface area contributed by atoms with Crippen molar-refractivity contribution in [1.82, 2.24) is 9.80 Å². The zero-order valence-corrected chi connectivity index (χ0v) is 19.4. The van der Waals surface area contributed by atoms with Gasteiger partial charge < -0.3 is 23.9 Å². The molecule has 0 spiro atoms. The summed E-state index contributed by atoms with van der Waals surface area (Å²) in [4.78, 5) is 29.9. The van der Waals surface area contributed by atoms with E-state index >= 15 is 0 Å². The summed E-state index contributed by atoms with van der Waals surface area (Å²) < 4.78 is 16.7. The van der Waals surface area contributed by atoms with Crippen molar-refractivity contribution < 1.29 is 28.6 Å². The predicted molar refractivity (Wildman–Crippen MR) is 126 cm³/mol. The third kappa shape index (κ3) is 5.08. The van der Waals surface area contributed by atoms with Gasteiger partial charge in [-0.1, -0.05) is 12.7 Å². The van der Waals surface area contributed by atoms with Crippen molar-refractivity contribution in [3.63, 3.8) is 0 Å². The van der Waals surface area contributed by atoms with Crippen LogP contribution in [-0.4, -0.2) is 72.6 Å². The number of likely N-dealkylation sites (tertiary alicyclic amines) is 1. The highest BCUT2D eigenvalue weighted by Crippen LogP contribution is 2.40. The fraction of sp³-hybridized carbons (Fsp3) is 0.385. The number of aliphatic hydroxyl groups is 1. The van der Waals surface area contributed by atoms with E-state index in [1.54, 1.807) is 49.4 Å². The van der Waals surface area contributed by atoms with Crippen LogP contribution in [0.15, 0.2) is 59.0 Å². The molecular weight excluding hydrogens is 436 g/mol. The van der Waals surface area contributed by atoms with Gasteiger partial charge in [0, 0.05) is 31.7 Å². The van der Waals surface area contributed by atoms with Crippen LogP contribution in [-0.2, 0) is 14.3 Å². The van der Waals surface area contributed by atoms with Gasteiger partial charge in [0.2, 0.25) is 0 Å². The summed E-state index contributed by atoms with van der Waals surface area (Å²) >= 11 is 0. The number of morpholine rings is 1. The van der Waals surface area contributed by atoms with E-state index in [0.29, 0.717) is 55.6 Å². The monoisotopic (exact) mass is 466 g/mol. The number of Topliss-reactive ketones (excluding diaryl/α,β-unsaturated/α-hetero) is 1. The molecule has 0 unspecified atom stereocenters. The number of rotatable bonds is 9. The number of nitrogens with zero attached hydrogens (tertiary/aromatic N) is 2. The van der Waals surface area contributed by atoms with Crippen molar-refractivity contribution >= 4 is 17.4 Å². The van der Waals surface area contributed by atoms with E-state index in [-0.39, 0.29) is 11.3 Å². The van der Waals surface area contributed by atoms with Crippen LogP contribution in [0.4, 0.5) is 0 Å². The summed E-state index contributed by atoms with van der Waals surface area (Å²) in [5.74, 6) is 0.151. The third-order valence-corrected chi connectivity index (χ3v) is 6.04. The van der Waals surface area contributed by atoms with Gasteiger partial charge in [-0.3, -0.25) is 14.5 Å². The Bertz CT molecular complexity index is 1070. The molecule has 3 heterocycles. The lowest BCUT2D eigenvalue weighted by atomic mass is 9.99. The fourth-order valence-electron chi connectivity index (χ4n) is 4.32. The van der Waals surface area contributed by atoms with Gasteiger partial charge in [0.05, 0.1) is 18.8 Å². The van der Waals surface area contributed by atoms with E-state index in [0.717, 1.165) is 19.6 Å². The maximum absolute atomic E-state index is 13.1. The summed E-state index contributed by atoms with van der Waals surface area (Å²) in [5, 5.41) is 11.1. The van der Waals surface area contributed by atoms with E-state index in [2.05, 4.69) is 11.5 Å². The molecule has 1 aromatic heterocycles. The molecule has 0 radical (unpaired) electrons. The van der Waals surface area contributed by atoms with Gasteiger partial charge in [-0.15, -0.1) is 0 Å². The van der Waals surface area contributed by atoms with Crippen molar-refractivity contribution in [2.24, 2.45) is 0 Å². The van der Waals surface area contributed by atoms with Crippen molar-refractivity contribution in [3.8, 4) is 5.75 Å². The molecule has 8 nitrogen and oxygen atoms in total. The number of hydrogen-bond acceptors (Lipinski definition) is 7. The van der Waals surface area contributed by atoms with Gasteiger partial charge >= 0.3 is 0 Å². The van der Waals surface area contributed by atoms with Crippen LogP contribution >= 0.6 is 0 Å². The van der Waals surface area contributed by atoms with Gasteiger partial charge in [-0.2, -0.15) is 0 Å². The predicted octanol–water partition coefficient (Wildman–Crippen LogP) is 3.30. The van der Waals surface area contributed by atoms with Crippen molar-refractivity contribution in [2.75, 3.05) is 46.0 Å². The van der Waals surface area contributed by atoms with Crippen LogP contribution in [0, 0.1) is 6.92 Å². The topological polar surface area (TPSA) is 92.5 Å². The molecule has 4 rings (SSSR count). The van der Waals surface area contributed by atoms with Crippen LogP contribution in [0.1, 0.15) is 29.5 Å². The molecule has 1 aromatic carbocycles. The summed E-state index contributed by atoms with van der Waals surface area (Å²) in [5.41, 5.74) is 0.455. The smallest absolute Gasteiger partial charge is 0.295 e. The zero-order valence-electron chi connectivity index (χ0n) is 19.4. The fourth-order valence-corrected chi connectivity index (χ4v) is 4.32. The van der Waals surface area contributed by atoms with Crippen molar-refractivity contribution in [3.05, 3.63) is 71.7 Å². The van der Waals surface area contributed by atoms with E-state index < -0.39 is 17.7 Å². The maximum Gasteiger partial charge on any atom is 0.295 e. The highest BCUT2D eigenvalue weighted by Gasteiger charge is 2.47. The first kappa shape index (κ1) is 23.8. The maximum atomic E-state index is 13.1. The molecule has 34 heavy (non-hydrogen) atoms. The first-order valence-electron chi connectivity index (χ1n) is 11.5. The van der Waals surface area contributed by atoms with Crippen molar-refractivity contribution in [2.45, 2.75) is 19.4 Å². The van der Waals surface area contributed by atoms with E-state index in [4.69, 9.17) is 13.9 Å². The average molecular weight is 467 g/mol. The van der Waals surface area contributed by atoms with Crippen LogP contribution < -0.4 is 4.74 Å². The number of benzene rings is 1. The standard InChI is InChI=1S/C26H30N2O6/c1-3-15-33-20-8-6-19(7-9-20)24(29)22-23(21-10-5-18(2)34-21)28(26(31)25(22)30)12-4-11-27-13-16-32-17-14-27/h3,5-10,23,29H,1,4,11-17H2,2H3/b24-22+/t23-/m1/s1. The highest BCUT2D eigenvalue weighted by atomic mass is 16.5. The zero-order chi connectivity index (χ0) is 24.1. The Morgan fingerprint density at radius 1 is 1.15 bits per heavy atom. The quantitative estimate of drug-likeness (QED) is 0.262. The SMILES string of the molecule is C=CCOc1ccc(/C(O)=C2\C(=O)C(=O)N(CCCN3CCOCC3)[C@@H]2c2ccc(C)o2)cc1. The summed E-state index contributed by atoms with van der Waals surface area (Å²) in [6.07, 6.45) is 2.33. The van der Waals surface area contributed by atoms with Gasteiger partial charge in [0.25, 0.3) is 11.7 Å². The number of ketones is 1. The number of carbonyl (C=O) groups excluding carboxylic acids is 2. The third-order valence-electron chi connectivity index (χ3n) is 6.04. The number of aryl methyl sites for hydroxylation is 1. The van der Waals surface area contributed by atoms with Crippen LogP contribution in [0.5, 0.6) is 5.75 Å². The molecule has 2 aliphatic heterocycles. The molecule has 0 bridgehead atoms. The Balaban J connectivity index is 1.61. The van der Waals surface area contributed by atoms with Crippen LogP contribution in [0.25, 0.3) is 5.76 Å². The second-order valence-corrected chi connectivity index (χ2v) is 8.37. The van der Waals surface area contributed by atoms with Crippen LogP contribution in [0.3, 0.4) is 0 Å². The lowest BCUT2D eigenvalue weighted by Gasteiger charge is -2.28. The summed E-state index contributed by atoms with van der Waals surface area (Å²) in [6.45, 7) is 10.1. The Morgan fingerprint density at radius 2 is 1.88 bits per heavy atom. The molecule has 2 aliphatic rings. The number of amides is 1. The highest BCUT2D eigenvalue weighted by molar-refractivity contribution is 6.46. The Hall–Kier alpha value is -3.36. The molecule has 0 saturated carbocycles. The van der Waals surface area contributed by atoms with E-state index in [1.807, 2.05) is 0 Å². The van der Waals surface area contributed by atoms with Gasteiger partial charge in [0.15, 0.2) is 0 Å². The second-order valence-electron chi connectivity index (χ2n) is 8.37. The van der Waals surface area contributed by atoms with Crippen molar-refractivity contribution in [1.29, 1.82) is 0 Å². The van der Waals surface area contributed by atoms with E-state index in [9.17, 15) is 14.7 Å². The molecule has 1 N–H and O–H groups in total. The molecule has 2 saturated heterocycles. The lowest BCUT2D eigenvalue weighted by Crippen LogP contribution is -2.38. The summed E-state index contributed by atoms with van der Waals surface area (Å²) in [7, 11) is 0. The number of carbonyl (C=O) groups is 2. The molecule has 2 aromatic rings. The molecular formula is C26H30N2O6. The van der Waals surface area contributed by atoms with Gasteiger partial charge in [0.1, 0.15) is 35.7 Å². The number of furan rings is 1. The minimum Gasteiger partial charge on any atom is -0.507 e.